The first-order valence-corrected chi connectivity index (χ1v) is 6.61. The molecule has 2 N–H and O–H groups in total. The van der Waals surface area contributed by atoms with Gasteiger partial charge in [-0.25, -0.2) is 4.39 Å². The van der Waals surface area contributed by atoms with Crippen LogP contribution >= 0.6 is 0 Å². The van der Waals surface area contributed by atoms with E-state index in [4.69, 9.17) is 10.5 Å². The standard InChI is InChI=1S/C17H20FNO/c1-10-8-11(2)15(12(3)9-10)17(19)13-6-5-7-14(20-4)16(13)18/h5-9,17H,19H2,1-4H3. The van der Waals surface area contributed by atoms with E-state index in [0.29, 0.717) is 5.56 Å². The Balaban J connectivity index is 2.55. The first-order valence-electron chi connectivity index (χ1n) is 6.61. The number of hydrogen-bond donors (Lipinski definition) is 1. The summed E-state index contributed by atoms with van der Waals surface area (Å²) in [6.07, 6.45) is 0. The third kappa shape index (κ3) is 2.54. The molecule has 20 heavy (non-hydrogen) atoms. The van der Waals surface area contributed by atoms with Gasteiger partial charge in [0, 0.05) is 5.56 Å². The van der Waals surface area contributed by atoms with Gasteiger partial charge in [-0.1, -0.05) is 29.8 Å². The molecule has 3 heteroatoms. The van der Waals surface area contributed by atoms with E-state index in [0.717, 1.165) is 16.7 Å². The molecule has 1 atom stereocenters. The molecule has 2 aromatic rings. The molecule has 0 radical (unpaired) electrons. The van der Waals surface area contributed by atoms with Gasteiger partial charge in [0.15, 0.2) is 11.6 Å². The van der Waals surface area contributed by atoms with Crippen molar-refractivity contribution in [2.24, 2.45) is 5.73 Å². The van der Waals surface area contributed by atoms with Crippen LogP contribution in [0.1, 0.15) is 33.9 Å². The average molecular weight is 273 g/mol. The summed E-state index contributed by atoms with van der Waals surface area (Å²) in [5.41, 5.74) is 11.1. The molecular weight excluding hydrogens is 253 g/mol. The van der Waals surface area contributed by atoms with Crippen LogP contribution in [0.3, 0.4) is 0 Å². The van der Waals surface area contributed by atoms with E-state index in [1.807, 2.05) is 20.8 Å². The van der Waals surface area contributed by atoms with E-state index < -0.39 is 6.04 Å². The van der Waals surface area contributed by atoms with Gasteiger partial charge in [-0.3, -0.25) is 0 Å². The van der Waals surface area contributed by atoms with Gasteiger partial charge >= 0.3 is 0 Å². The Hall–Kier alpha value is -1.87. The topological polar surface area (TPSA) is 35.2 Å². The van der Waals surface area contributed by atoms with Crippen molar-refractivity contribution in [3.05, 3.63) is 64.0 Å². The van der Waals surface area contributed by atoms with E-state index in [1.54, 1.807) is 18.2 Å². The molecule has 2 aromatic carbocycles. The lowest BCUT2D eigenvalue weighted by Gasteiger charge is -2.20. The van der Waals surface area contributed by atoms with Gasteiger partial charge in [-0.15, -0.1) is 0 Å². The summed E-state index contributed by atoms with van der Waals surface area (Å²) in [6.45, 7) is 6.06. The van der Waals surface area contributed by atoms with E-state index in [2.05, 4.69) is 12.1 Å². The van der Waals surface area contributed by atoms with Crippen LogP contribution in [0.25, 0.3) is 0 Å². The largest absolute Gasteiger partial charge is 0.494 e. The molecule has 0 amide bonds. The maximum absolute atomic E-state index is 14.3. The highest BCUT2D eigenvalue weighted by Crippen LogP contribution is 2.31. The summed E-state index contributed by atoms with van der Waals surface area (Å²) < 4.78 is 19.4. The number of halogens is 1. The van der Waals surface area contributed by atoms with Crippen LogP contribution in [0.4, 0.5) is 4.39 Å². The summed E-state index contributed by atoms with van der Waals surface area (Å²) in [5, 5.41) is 0. The smallest absolute Gasteiger partial charge is 0.170 e. The highest BCUT2D eigenvalue weighted by molar-refractivity contribution is 5.45. The lowest BCUT2D eigenvalue weighted by molar-refractivity contribution is 0.383. The van der Waals surface area contributed by atoms with Gasteiger partial charge in [0.2, 0.25) is 0 Å². The Morgan fingerprint density at radius 2 is 1.70 bits per heavy atom. The highest BCUT2D eigenvalue weighted by atomic mass is 19.1. The maximum Gasteiger partial charge on any atom is 0.170 e. The van der Waals surface area contributed by atoms with Gasteiger partial charge in [0.1, 0.15) is 0 Å². The number of ether oxygens (including phenoxy) is 1. The summed E-state index contributed by atoms with van der Waals surface area (Å²) in [6, 6.07) is 8.71. The van der Waals surface area contributed by atoms with Gasteiger partial charge in [-0.2, -0.15) is 0 Å². The lowest BCUT2D eigenvalue weighted by Crippen LogP contribution is -2.17. The molecule has 0 fully saturated rings. The number of hydrogen-bond acceptors (Lipinski definition) is 2. The molecule has 106 valence electrons. The van der Waals surface area contributed by atoms with E-state index in [-0.39, 0.29) is 11.6 Å². The fraction of sp³-hybridized carbons (Fsp3) is 0.294. The highest BCUT2D eigenvalue weighted by Gasteiger charge is 2.19. The van der Waals surface area contributed by atoms with Crippen LogP contribution < -0.4 is 10.5 Å². The zero-order valence-corrected chi connectivity index (χ0v) is 12.3. The third-order valence-corrected chi connectivity index (χ3v) is 3.60. The molecule has 0 aliphatic heterocycles. The molecule has 0 aliphatic rings. The van der Waals surface area contributed by atoms with E-state index in [1.165, 1.54) is 12.7 Å². The predicted molar refractivity (Wildman–Crippen MR) is 79.6 cm³/mol. The monoisotopic (exact) mass is 273 g/mol. The van der Waals surface area contributed by atoms with Crippen LogP contribution in [-0.2, 0) is 0 Å². The van der Waals surface area contributed by atoms with Crippen LogP contribution in [0.2, 0.25) is 0 Å². The van der Waals surface area contributed by atoms with Crippen LogP contribution in [0.15, 0.2) is 30.3 Å². The Bertz CT molecular complexity index is 614. The van der Waals surface area contributed by atoms with Gasteiger partial charge in [0.05, 0.1) is 13.2 Å². The third-order valence-electron chi connectivity index (χ3n) is 3.60. The number of nitrogens with two attached hydrogens (primary N) is 1. The maximum atomic E-state index is 14.3. The molecule has 0 heterocycles. The zero-order chi connectivity index (χ0) is 14.9. The fourth-order valence-corrected chi connectivity index (χ4v) is 2.76. The minimum absolute atomic E-state index is 0.223. The Morgan fingerprint density at radius 1 is 1.10 bits per heavy atom. The fourth-order valence-electron chi connectivity index (χ4n) is 2.76. The second kappa shape index (κ2) is 5.63. The van der Waals surface area contributed by atoms with E-state index in [9.17, 15) is 4.39 Å². The van der Waals surface area contributed by atoms with Gasteiger partial charge in [0.25, 0.3) is 0 Å². The normalized spacial score (nSPS) is 12.3. The first-order chi connectivity index (χ1) is 9.45. The number of rotatable bonds is 3. The Kier molecular flexibility index (Phi) is 4.09. The quantitative estimate of drug-likeness (QED) is 0.923. The van der Waals surface area contributed by atoms with Gasteiger partial charge < -0.3 is 10.5 Å². The van der Waals surface area contributed by atoms with Crippen molar-refractivity contribution < 1.29 is 9.13 Å². The minimum atomic E-state index is -0.495. The number of benzene rings is 2. The van der Waals surface area contributed by atoms with Crippen LogP contribution in [-0.4, -0.2) is 7.11 Å². The first kappa shape index (κ1) is 14.5. The molecule has 0 spiro atoms. The van der Waals surface area contributed by atoms with Crippen molar-refractivity contribution in [1.29, 1.82) is 0 Å². The second-order valence-electron chi connectivity index (χ2n) is 5.15. The zero-order valence-electron chi connectivity index (χ0n) is 12.3. The van der Waals surface area contributed by atoms with Crippen molar-refractivity contribution in [2.45, 2.75) is 26.8 Å². The van der Waals surface area contributed by atoms with Gasteiger partial charge in [-0.05, 0) is 43.5 Å². The Morgan fingerprint density at radius 3 is 2.25 bits per heavy atom. The average Bonchev–Trinajstić information content (AvgIpc) is 2.37. The van der Waals surface area contributed by atoms with Crippen molar-refractivity contribution in [2.75, 3.05) is 7.11 Å². The van der Waals surface area contributed by atoms with Crippen molar-refractivity contribution in [3.8, 4) is 5.75 Å². The second-order valence-corrected chi connectivity index (χ2v) is 5.15. The summed E-state index contributed by atoms with van der Waals surface area (Å²) >= 11 is 0. The lowest BCUT2D eigenvalue weighted by atomic mass is 9.90. The summed E-state index contributed by atoms with van der Waals surface area (Å²) in [7, 11) is 1.45. The summed E-state index contributed by atoms with van der Waals surface area (Å²) in [5.74, 6) is -0.165. The predicted octanol–water partition coefficient (Wildman–Crippen LogP) is 3.81. The molecule has 0 saturated carbocycles. The van der Waals surface area contributed by atoms with Crippen LogP contribution in [0, 0.1) is 26.6 Å². The summed E-state index contributed by atoms with van der Waals surface area (Å²) in [4.78, 5) is 0. The minimum Gasteiger partial charge on any atom is -0.494 e. The van der Waals surface area contributed by atoms with Crippen LogP contribution in [0.5, 0.6) is 5.75 Å². The molecule has 0 aliphatic carbocycles. The number of methoxy groups -OCH3 is 1. The van der Waals surface area contributed by atoms with Crippen molar-refractivity contribution >= 4 is 0 Å². The SMILES string of the molecule is COc1cccc(C(N)c2c(C)cc(C)cc2C)c1F. The number of aryl methyl sites for hydroxylation is 3. The molecule has 0 aromatic heterocycles. The Labute approximate surface area is 119 Å². The van der Waals surface area contributed by atoms with E-state index >= 15 is 0 Å². The molecule has 0 saturated heterocycles. The van der Waals surface area contributed by atoms with Crippen molar-refractivity contribution in [1.82, 2.24) is 0 Å². The molecular formula is C17H20FNO. The van der Waals surface area contributed by atoms with Crippen molar-refractivity contribution in [3.63, 3.8) is 0 Å². The molecule has 2 nitrogen and oxygen atoms in total. The molecule has 2 rings (SSSR count). The molecule has 0 bridgehead atoms. The molecule has 1 unspecified atom stereocenters.